The number of hydrogen-bond acceptors (Lipinski definition) is 3. The van der Waals surface area contributed by atoms with Crippen LogP contribution in [-0.2, 0) is 4.74 Å². The van der Waals surface area contributed by atoms with Crippen LogP contribution in [0.2, 0.25) is 0 Å². The lowest BCUT2D eigenvalue weighted by atomic mass is 10.4. The maximum absolute atomic E-state index is 5.28. The third kappa shape index (κ3) is 3.72. The van der Waals surface area contributed by atoms with Gasteiger partial charge in [0.1, 0.15) is 6.23 Å². The van der Waals surface area contributed by atoms with Gasteiger partial charge < -0.3 is 16.2 Å². The van der Waals surface area contributed by atoms with Crippen LogP contribution in [0.5, 0.6) is 0 Å². The fourth-order valence-corrected chi connectivity index (χ4v) is 0.241. The SMILES string of the molecule is CCC(N)OCN. The van der Waals surface area contributed by atoms with Crippen LogP contribution in [0.25, 0.3) is 0 Å². The van der Waals surface area contributed by atoms with Gasteiger partial charge in [0.2, 0.25) is 0 Å². The average Bonchev–Trinajstić information content (AvgIpc) is 1.68. The normalized spacial score (nSPS) is 14.1. The van der Waals surface area contributed by atoms with Crippen molar-refractivity contribution in [1.82, 2.24) is 0 Å². The van der Waals surface area contributed by atoms with Crippen LogP contribution < -0.4 is 11.5 Å². The lowest BCUT2D eigenvalue weighted by Crippen LogP contribution is -2.25. The summed E-state index contributed by atoms with van der Waals surface area (Å²) < 4.78 is 4.75. The minimum atomic E-state index is -0.176. The molecule has 0 fully saturated rings. The van der Waals surface area contributed by atoms with Gasteiger partial charge in [-0.25, -0.2) is 0 Å². The topological polar surface area (TPSA) is 61.3 Å². The van der Waals surface area contributed by atoms with E-state index in [1.165, 1.54) is 0 Å². The van der Waals surface area contributed by atoms with Crippen LogP contribution in [0.15, 0.2) is 0 Å². The summed E-state index contributed by atoms with van der Waals surface area (Å²) in [6, 6.07) is 0. The van der Waals surface area contributed by atoms with Gasteiger partial charge in [0.05, 0.1) is 6.73 Å². The Balaban J connectivity index is 2.83. The highest BCUT2D eigenvalue weighted by Gasteiger charge is 1.92. The Kier molecular flexibility index (Phi) is 3.98. The van der Waals surface area contributed by atoms with Crippen molar-refractivity contribution in [2.75, 3.05) is 6.73 Å². The second-order valence-electron chi connectivity index (χ2n) is 1.28. The summed E-state index contributed by atoms with van der Waals surface area (Å²) in [7, 11) is 0. The van der Waals surface area contributed by atoms with E-state index < -0.39 is 0 Å². The third-order valence-corrected chi connectivity index (χ3v) is 0.713. The molecular formula is C4H12N2O. The Morgan fingerprint density at radius 3 is 2.43 bits per heavy atom. The summed E-state index contributed by atoms with van der Waals surface area (Å²) in [6.45, 7) is 2.16. The van der Waals surface area contributed by atoms with E-state index >= 15 is 0 Å². The zero-order valence-corrected chi connectivity index (χ0v) is 4.55. The first-order chi connectivity index (χ1) is 3.31. The van der Waals surface area contributed by atoms with Crippen LogP contribution in [0, 0.1) is 0 Å². The lowest BCUT2D eigenvalue weighted by Gasteiger charge is -2.05. The van der Waals surface area contributed by atoms with Gasteiger partial charge in [-0.1, -0.05) is 6.92 Å². The maximum atomic E-state index is 5.28. The van der Waals surface area contributed by atoms with E-state index in [9.17, 15) is 0 Å². The van der Waals surface area contributed by atoms with Gasteiger partial charge in [0, 0.05) is 0 Å². The molecule has 0 rings (SSSR count). The molecule has 0 saturated carbocycles. The highest BCUT2D eigenvalue weighted by Crippen LogP contribution is 1.83. The second-order valence-corrected chi connectivity index (χ2v) is 1.28. The van der Waals surface area contributed by atoms with Crippen molar-refractivity contribution in [2.24, 2.45) is 11.5 Å². The number of rotatable bonds is 3. The average molecular weight is 104 g/mol. The molecule has 44 valence electrons. The summed E-state index contributed by atoms with van der Waals surface area (Å²) >= 11 is 0. The van der Waals surface area contributed by atoms with Gasteiger partial charge in [-0.3, -0.25) is 0 Å². The molecule has 3 nitrogen and oxygen atoms in total. The monoisotopic (exact) mass is 104 g/mol. The second kappa shape index (κ2) is 4.05. The standard InChI is InChI=1S/C4H12N2O/c1-2-4(6)7-3-5/h4H,2-3,5-6H2,1H3. The molecule has 0 saturated heterocycles. The molecule has 0 radical (unpaired) electrons. The molecule has 4 N–H and O–H groups in total. The summed E-state index contributed by atoms with van der Waals surface area (Å²) in [5.41, 5.74) is 10.3. The first kappa shape index (κ1) is 6.88. The maximum Gasteiger partial charge on any atom is 0.107 e. The zero-order valence-electron chi connectivity index (χ0n) is 4.55. The molecule has 0 aromatic rings. The van der Waals surface area contributed by atoms with Crippen molar-refractivity contribution in [2.45, 2.75) is 19.6 Å². The van der Waals surface area contributed by atoms with Crippen molar-refractivity contribution in [1.29, 1.82) is 0 Å². The van der Waals surface area contributed by atoms with E-state index in [4.69, 9.17) is 16.2 Å². The molecule has 0 aliphatic heterocycles. The minimum Gasteiger partial charge on any atom is -0.349 e. The van der Waals surface area contributed by atoms with E-state index in [0.29, 0.717) is 0 Å². The predicted molar refractivity (Wildman–Crippen MR) is 28.4 cm³/mol. The fraction of sp³-hybridized carbons (Fsp3) is 1.00. The van der Waals surface area contributed by atoms with Crippen LogP contribution >= 0.6 is 0 Å². The van der Waals surface area contributed by atoms with Gasteiger partial charge in [0.15, 0.2) is 0 Å². The van der Waals surface area contributed by atoms with Gasteiger partial charge in [-0.2, -0.15) is 0 Å². The number of hydrogen-bond donors (Lipinski definition) is 2. The molecule has 0 spiro atoms. The number of ether oxygens (including phenoxy) is 1. The van der Waals surface area contributed by atoms with Crippen molar-refractivity contribution in [3.63, 3.8) is 0 Å². The Morgan fingerprint density at radius 1 is 1.71 bits per heavy atom. The van der Waals surface area contributed by atoms with Gasteiger partial charge >= 0.3 is 0 Å². The Bertz CT molecular complexity index is 40.7. The van der Waals surface area contributed by atoms with E-state index in [2.05, 4.69) is 0 Å². The highest BCUT2D eigenvalue weighted by atomic mass is 16.5. The molecule has 7 heavy (non-hydrogen) atoms. The summed E-state index contributed by atoms with van der Waals surface area (Å²) in [6.07, 6.45) is 0.641. The van der Waals surface area contributed by atoms with E-state index in [0.717, 1.165) is 6.42 Å². The van der Waals surface area contributed by atoms with E-state index in [-0.39, 0.29) is 13.0 Å². The van der Waals surface area contributed by atoms with Gasteiger partial charge in [-0.15, -0.1) is 0 Å². The van der Waals surface area contributed by atoms with Gasteiger partial charge in [0.25, 0.3) is 0 Å². The van der Waals surface area contributed by atoms with Crippen LogP contribution in [0.3, 0.4) is 0 Å². The molecule has 0 amide bonds. The van der Waals surface area contributed by atoms with Gasteiger partial charge in [-0.05, 0) is 6.42 Å². The molecule has 0 aliphatic carbocycles. The largest absolute Gasteiger partial charge is 0.349 e. The molecule has 1 atom stereocenters. The van der Waals surface area contributed by atoms with Crippen molar-refractivity contribution in [3.05, 3.63) is 0 Å². The van der Waals surface area contributed by atoms with E-state index in [1.54, 1.807) is 0 Å². The predicted octanol–water partition coefficient (Wildman–Crippen LogP) is -0.386. The summed E-state index contributed by atoms with van der Waals surface area (Å²) in [4.78, 5) is 0. The molecule has 1 unspecified atom stereocenters. The van der Waals surface area contributed by atoms with Crippen molar-refractivity contribution >= 4 is 0 Å². The van der Waals surface area contributed by atoms with Crippen LogP contribution in [-0.4, -0.2) is 13.0 Å². The molecule has 0 heterocycles. The third-order valence-electron chi connectivity index (χ3n) is 0.713. The molecule has 3 heteroatoms. The fourth-order valence-electron chi connectivity index (χ4n) is 0.241. The Morgan fingerprint density at radius 2 is 2.29 bits per heavy atom. The van der Waals surface area contributed by atoms with E-state index in [1.807, 2.05) is 6.92 Å². The zero-order chi connectivity index (χ0) is 5.70. The van der Waals surface area contributed by atoms with Crippen molar-refractivity contribution in [3.8, 4) is 0 Å². The molecule has 0 aromatic heterocycles. The van der Waals surface area contributed by atoms with Crippen LogP contribution in [0.1, 0.15) is 13.3 Å². The molecular weight excluding hydrogens is 92.1 g/mol. The first-order valence-corrected chi connectivity index (χ1v) is 2.38. The quantitative estimate of drug-likeness (QED) is 0.479. The smallest absolute Gasteiger partial charge is 0.107 e. The highest BCUT2D eigenvalue weighted by molar-refractivity contribution is 4.37. The molecule has 0 bridgehead atoms. The minimum absolute atomic E-state index is 0.176. The summed E-state index contributed by atoms with van der Waals surface area (Å²) in [5, 5.41) is 0. The molecule has 0 aromatic carbocycles. The Hall–Kier alpha value is -0.120. The van der Waals surface area contributed by atoms with Crippen molar-refractivity contribution < 1.29 is 4.74 Å². The van der Waals surface area contributed by atoms with Crippen LogP contribution in [0.4, 0.5) is 0 Å². The Labute approximate surface area is 43.6 Å². The lowest BCUT2D eigenvalue weighted by molar-refractivity contribution is 0.0601. The summed E-state index contributed by atoms with van der Waals surface area (Å²) in [5.74, 6) is 0. The first-order valence-electron chi connectivity index (χ1n) is 2.38. The molecule has 0 aliphatic rings. The number of nitrogens with two attached hydrogens (primary N) is 2.